The van der Waals surface area contributed by atoms with Crippen LogP contribution >= 0.6 is 0 Å². The summed E-state index contributed by atoms with van der Waals surface area (Å²) in [5.74, 6) is -0.473. The molecule has 0 fully saturated rings. The minimum atomic E-state index is -0.568. The standard InChI is InChI=1S/C8H6N2O2/c11-6-4-5-2-1-3-9-7(5)10-8(6)12/h1-3H,4H2,(H,9,10,12). The molecule has 0 spiro atoms. The number of hydrogen-bond donors (Lipinski definition) is 1. The van der Waals surface area contributed by atoms with E-state index in [1.54, 1.807) is 18.3 Å². The van der Waals surface area contributed by atoms with E-state index in [9.17, 15) is 9.59 Å². The average Bonchev–Trinajstić information content (AvgIpc) is 2.07. The van der Waals surface area contributed by atoms with E-state index in [1.165, 1.54) is 0 Å². The topological polar surface area (TPSA) is 59.1 Å². The van der Waals surface area contributed by atoms with Crippen LogP contribution in [0.5, 0.6) is 0 Å². The smallest absolute Gasteiger partial charge is 0.293 e. The van der Waals surface area contributed by atoms with Gasteiger partial charge >= 0.3 is 0 Å². The number of carbonyl (C=O) groups excluding carboxylic acids is 2. The van der Waals surface area contributed by atoms with Gasteiger partial charge in [0.15, 0.2) is 0 Å². The molecule has 0 saturated heterocycles. The van der Waals surface area contributed by atoms with E-state index in [0.29, 0.717) is 5.82 Å². The second-order valence-corrected chi connectivity index (χ2v) is 2.57. The normalized spacial score (nSPS) is 15.3. The minimum absolute atomic E-state index is 0.162. The number of aromatic nitrogens is 1. The molecule has 2 heterocycles. The van der Waals surface area contributed by atoms with E-state index in [4.69, 9.17) is 0 Å². The molecule has 0 aliphatic carbocycles. The van der Waals surface area contributed by atoms with Crippen LogP contribution in [0, 0.1) is 0 Å². The lowest BCUT2D eigenvalue weighted by molar-refractivity contribution is -0.134. The molecular weight excluding hydrogens is 156 g/mol. The highest BCUT2D eigenvalue weighted by atomic mass is 16.2. The molecule has 1 aliphatic rings. The highest BCUT2D eigenvalue weighted by Gasteiger charge is 2.23. The Kier molecular flexibility index (Phi) is 1.40. The third kappa shape index (κ3) is 0.972. The van der Waals surface area contributed by atoms with Crippen molar-refractivity contribution in [1.29, 1.82) is 0 Å². The number of hydrogen-bond acceptors (Lipinski definition) is 3. The Hall–Kier alpha value is -1.71. The van der Waals surface area contributed by atoms with Crippen LogP contribution in [0.3, 0.4) is 0 Å². The van der Waals surface area contributed by atoms with Crippen LogP contribution in [-0.4, -0.2) is 16.7 Å². The third-order valence-corrected chi connectivity index (χ3v) is 1.73. The van der Waals surface area contributed by atoms with Crippen molar-refractivity contribution in [2.75, 3.05) is 5.32 Å². The molecule has 4 heteroatoms. The van der Waals surface area contributed by atoms with Gasteiger partial charge in [-0.1, -0.05) is 6.07 Å². The van der Waals surface area contributed by atoms with E-state index < -0.39 is 11.7 Å². The van der Waals surface area contributed by atoms with Crippen LogP contribution in [0.4, 0.5) is 5.82 Å². The Morgan fingerprint density at radius 1 is 1.42 bits per heavy atom. The van der Waals surface area contributed by atoms with Crippen molar-refractivity contribution in [3.8, 4) is 0 Å². The van der Waals surface area contributed by atoms with Gasteiger partial charge in [0.1, 0.15) is 5.82 Å². The molecule has 0 radical (unpaired) electrons. The molecule has 1 aliphatic heterocycles. The van der Waals surface area contributed by atoms with E-state index in [0.717, 1.165) is 5.56 Å². The largest absolute Gasteiger partial charge is 0.304 e. The Morgan fingerprint density at radius 3 is 3.08 bits per heavy atom. The number of nitrogens with one attached hydrogen (secondary N) is 1. The molecular formula is C8H6N2O2. The summed E-state index contributed by atoms with van der Waals surface area (Å²) in [6.45, 7) is 0. The molecule has 1 amide bonds. The fourth-order valence-corrected chi connectivity index (χ4v) is 1.12. The summed E-state index contributed by atoms with van der Waals surface area (Å²) in [6.07, 6.45) is 1.74. The molecule has 12 heavy (non-hydrogen) atoms. The second-order valence-electron chi connectivity index (χ2n) is 2.57. The van der Waals surface area contributed by atoms with Gasteiger partial charge in [0.05, 0.1) is 0 Å². The maximum atomic E-state index is 10.9. The molecule has 0 atom stereocenters. The van der Waals surface area contributed by atoms with Gasteiger partial charge in [-0.3, -0.25) is 9.59 Å². The molecule has 1 N–H and O–H groups in total. The van der Waals surface area contributed by atoms with E-state index in [-0.39, 0.29) is 6.42 Å². The molecule has 0 bridgehead atoms. The Balaban J connectivity index is 2.47. The number of pyridine rings is 1. The first-order chi connectivity index (χ1) is 5.77. The highest BCUT2D eigenvalue weighted by Crippen LogP contribution is 2.16. The van der Waals surface area contributed by atoms with E-state index in [2.05, 4.69) is 10.3 Å². The number of nitrogens with zero attached hydrogens (tertiary/aromatic N) is 1. The summed E-state index contributed by atoms with van der Waals surface area (Å²) >= 11 is 0. The molecule has 0 unspecified atom stereocenters. The lowest BCUT2D eigenvalue weighted by atomic mass is 10.1. The quantitative estimate of drug-likeness (QED) is 0.552. The summed E-state index contributed by atoms with van der Waals surface area (Å²) in [5, 5.41) is 2.41. The fraction of sp³-hybridized carbons (Fsp3) is 0.125. The third-order valence-electron chi connectivity index (χ3n) is 1.73. The van der Waals surface area contributed by atoms with Gasteiger partial charge in [-0.25, -0.2) is 4.98 Å². The van der Waals surface area contributed by atoms with Gasteiger partial charge in [-0.05, 0) is 6.07 Å². The predicted octanol–water partition coefficient (Wildman–Crippen LogP) is 0.145. The molecule has 0 aromatic carbocycles. The van der Waals surface area contributed by atoms with Crippen LogP contribution in [-0.2, 0) is 16.0 Å². The van der Waals surface area contributed by atoms with Crippen LogP contribution in [0.1, 0.15) is 5.56 Å². The minimum Gasteiger partial charge on any atom is -0.304 e. The zero-order chi connectivity index (χ0) is 8.55. The summed E-state index contributed by atoms with van der Waals surface area (Å²) in [7, 11) is 0. The summed E-state index contributed by atoms with van der Waals surface area (Å²) in [6, 6.07) is 3.52. The second kappa shape index (κ2) is 2.41. The van der Waals surface area contributed by atoms with Crippen molar-refractivity contribution in [1.82, 2.24) is 4.98 Å². The number of amides is 1. The average molecular weight is 162 g/mol. The number of carbonyl (C=O) groups is 2. The summed E-state index contributed by atoms with van der Waals surface area (Å²) in [4.78, 5) is 25.7. The summed E-state index contributed by atoms with van der Waals surface area (Å²) in [5.41, 5.74) is 0.780. The number of Topliss-reactive ketones (excluding diaryl/α,β-unsaturated/α-hetero) is 1. The SMILES string of the molecule is O=C1Cc2cccnc2NC1=O. The van der Waals surface area contributed by atoms with Gasteiger partial charge in [-0.15, -0.1) is 0 Å². The first-order valence-corrected chi connectivity index (χ1v) is 3.55. The van der Waals surface area contributed by atoms with Crippen molar-refractivity contribution in [2.24, 2.45) is 0 Å². The lowest BCUT2D eigenvalue weighted by Gasteiger charge is -2.13. The van der Waals surface area contributed by atoms with E-state index in [1.807, 2.05) is 0 Å². The number of ketones is 1. The number of rotatable bonds is 0. The molecule has 0 saturated carbocycles. The molecule has 60 valence electrons. The molecule has 1 aromatic rings. The van der Waals surface area contributed by atoms with Gasteiger partial charge in [0.25, 0.3) is 5.91 Å². The zero-order valence-electron chi connectivity index (χ0n) is 6.20. The Labute approximate surface area is 68.6 Å². The molecule has 4 nitrogen and oxygen atoms in total. The predicted molar refractivity (Wildman–Crippen MR) is 41.6 cm³/mol. The zero-order valence-corrected chi connectivity index (χ0v) is 6.20. The summed E-state index contributed by atoms with van der Waals surface area (Å²) < 4.78 is 0. The highest BCUT2D eigenvalue weighted by molar-refractivity contribution is 6.42. The van der Waals surface area contributed by atoms with Crippen molar-refractivity contribution in [2.45, 2.75) is 6.42 Å². The number of anilines is 1. The van der Waals surface area contributed by atoms with Gasteiger partial charge in [0, 0.05) is 18.2 Å². The first-order valence-electron chi connectivity index (χ1n) is 3.55. The maximum absolute atomic E-state index is 10.9. The number of fused-ring (bicyclic) bond motifs is 1. The van der Waals surface area contributed by atoms with Gasteiger partial charge in [-0.2, -0.15) is 0 Å². The van der Waals surface area contributed by atoms with Gasteiger partial charge < -0.3 is 5.32 Å². The fourth-order valence-electron chi connectivity index (χ4n) is 1.12. The van der Waals surface area contributed by atoms with Crippen LogP contribution < -0.4 is 5.32 Å². The Bertz CT molecular complexity index is 325. The first kappa shape index (κ1) is 6.97. The lowest BCUT2D eigenvalue weighted by Crippen LogP contribution is -2.30. The van der Waals surface area contributed by atoms with Gasteiger partial charge in [0.2, 0.25) is 5.78 Å². The van der Waals surface area contributed by atoms with E-state index >= 15 is 0 Å². The molecule has 2 rings (SSSR count). The van der Waals surface area contributed by atoms with Crippen molar-refractivity contribution in [3.05, 3.63) is 23.9 Å². The van der Waals surface area contributed by atoms with Crippen molar-refractivity contribution in [3.63, 3.8) is 0 Å². The van der Waals surface area contributed by atoms with Crippen molar-refractivity contribution < 1.29 is 9.59 Å². The Morgan fingerprint density at radius 2 is 2.25 bits per heavy atom. The van der Waals surface area contributed by atoms with Crippen LogP contribution in [0.25, 0.3) is 0 Å². The van der Waals surface area contributed by atoms with Crippen molar-refractivity contribution >= 4 is 17.5 Å². The van der Waals surface area contributed by atoms with Crippen LogP contribution in [0.15, 0.2) is 18.3 Å². The monoisotopic (exact) mass is 162 g/mol. The molecule has 1 aromatic heterocycles. The maximum Gasteiger partial charge on any atom is 0.293 e. The van der Waals surface area contributed by atoms with Crippen LogP contribution in [0.2, 0.25) is 0 Å².